The van der Waals surface area contributed by atoms with E-state index in [0.29, 0.717) is 10.7 Å². The molecule has 0 aromatic heterocycles. The largest absolute Gasteiger partial charge is 0.493 e. The summed E-state index contributed by atoms with van der Waals surface area (Å²) in [5.74, 6) is -1.30. The third-order valence-corrected chi connectivity index (χ3v) is 5.99. The number of benzene rings is 2. The summed E-state index contributed by atoms with van der Waals surface area (Å²) in [4.78, 5) is 29.1. The number of methoxy groups -OCH3 is 1. The average molecular weight is 481 g/mol. The van der Waals surface area contributed by atoms with Crippen molar-refractivity contribution in [2.45, 2.75) is 26.2 Å². The van der Waals surface area contributed by atoms with Crippen LogP contribution in [0.3, 0.4) is 0 Å². The SMILES string of the molecule is CCCCC1=NN2C(=N)/C(=C/c3ccc(OC(=O)c4ccc(F)cc4)c(OC)c3)C(=O)N=C2S1. The lowest BCUT2D eigenvalue weighted by Crippen LogP contribution is -2.35. The van der Waals surface area contributed by atoms with E-state index in [9.17, 15) is 14.0 Å². The normalized spacial score (nSPS) is 16.3. The van der Waals surface area contributed by atoms with Crippen LogP contribution in [0.4, 0.5) is 4.39 Å². The first-order chi connectivity index (χ1) is 16.4. The number of fused-ring (bicyclic) bond motifs is 1. The summed E-state index contributed by atoms with van der Waals surface area (Å²) in [7, 11) is 1.42. The molecule has 1 N–H and O–H groups in total. The number of hydrogen-bond donors (Lipinski definition) is 1. The van der Waals surface area contributed by atoms with Crippen molar-refractivity contribution < 1.29 is 23.5 Å². The molecule has 2 heterocycles. The summed E-state index contributed by atoms with van der Waals surface area (Å²) < 4.78 is 23.8. The van der Waals surface area contributed by atoms with E-state index in [1.165, 1.54) is 60.3 Å². The zero-order chi connectivity index (χ0) is 24.2. The maximum atomic E-state index is 13.1. The van der Waals surface area contributed by atoms with Crippen LogP contribution in [0, 0.1) is 11.2 Å². The highest BCUT2D eigenvalue weighted by molar-refractivity contribution is 8.26. The lowest BCUT2D eigenvalue weighted by atomic mass is 10.1. The van der Waals surface area contributed by atoms with Crippen LogP contribution in [0.5, 0.6) is 11.5 Å². The van der Waals surface area contributed by atoms with Crippen molar-refractivity contribution in [3.8, 4) is 11.5 Å². The van der Waals surface area contributed by atoms with Gasteiger partial charge in [-0.3, -0.25) is 10.2 Å². The lowest BCUT2D eigenvalue weighted by Gasteiger charge is -2.20. The molecule has 0 aliphatic carbocycles. The molecule has 8 nitrogen and oxygen atoms in total. The first kappa shape index (κ1) is 23.4. The standard InChI is InChI=1S/C24H21FN4O4S/c1-3-4-5-20-28-29-21(26)17(22(30)27-24(29)34-20)12-14-6-11-18(19(13-14)32-2)33-23(31)15-7-9-16(25)10-8-15/h6-13,26H,3-5H2,1-2H3/b17-12-,26-21?. The number of nitrogens with one attached hydrogen (secondary N) is 1. The third-order valence-electron chi connectivity index (χ3n) is 5.02. The molecule has 4 rings (SSSR count). The number of carbonyl (C=O) groups is 2. The molecule has 1 amide bonds. The molecule has 0 radical (unpaired) electrons. The van der Waals surface area contributed by atoms with Gasteiger partial charge in [0, 0.05) is 0 Å². The minimum absolute atomic E-state index is 0.0558. The molecule has 34 heavy (non-hydrogen) atoms. The monoisotopic (exact) mass is 480 g/mol. The zero-order valence-electron chi connectivity index (χ0n) is 18.5. The summed E-state index contributed by atoms with van der Waals surface area (Å²) in [6.07, 6.45) is 4.27. The van der Waals surface area contributed by atoms with Gasteiger partial charge in [0.2, 0.25) is 5.17 Å². The fraction of sp³-hybridized carbons (Fsp3) is 0.208. The number of thioether (sulfide) groups is 1. The Morgan fingerprint density at radius 1 is 1.21 bits per heavy atom. The van der Waals surface area contributed by atoms with Gasteiger partial charge in [0.25, 0.3) is 5.91 Å². The number of nitrogens with zero attached hydrogens (tertiary/aromatic N) is 3. The number of carbonyl (C=O) groups excluding carboxylic acids is 2. The molecule has 0 fully saturated rings. The highest BCUT2D eigenvalue weighted by Crippen LogP contribution is 2.32. The van der Waals surface area contributed by atoms with E-state index in [1.54, 1.807) is 12.1 Å². The van der Waals surface area contributed by atoms with Crippen LogP contribution in [0.2, 0.25) is 0 Å². The van der Waals surface area contributed by atoms with E-state index >= 15 is 0 Å². The van der Waals surface area contributed by atoms with Gasteiger partial charge in [-0.1, -0.05) is 19.4 Å². The fourth-order valence-electron chi connectivity index (χ4n) is 3.23. The van der Waals surface area contributed by atoms with E-state index < -0.39 is 17.7 Å². The number of hydrazone groups is 1. The number of amidine groups is 2. The van der Waals surface area contributed by atoms with E-state index in [1.807, 2.05) is 0 Å². The molecule has 0 spiro atoms. The fourth-order valence-corrected chi connectivity index (χ4v) is 4.16. The Hall–Kier alpha value is -3.79. The summed E-state index contributed by atoms with van der Waals surface area (Å²) in [5, 5.41) is 15.5. The van der Waals surface area contributed by atoms with Gasteiger partial charge in [-0.2, -0.15) is 15.1 Å². The molecule has 0 saturated heterocycles. The van der Waals surface area contributed by atoms with Gasteiger partial charge in [0.05, 0.1) is 18.2 Å². The summed E-state index contributed by atoms with van der Waals surface area (Å²) in [5.41, 5.74) is 0.821. The maximum Gasteiger partial charge on any atom is 0.343 e. The van der Waals surface area contributed by atoms with Crippen molar-refractivity contribution in [1.29, 1.82) is 5.41 Å². The third kappa shape index (κ3) is 4.91. The Balaban J connectivity index is 1.55. The van der Waals surface area contributed by atoms with Gasteiger partial charge in [0.15, 0.2) is 17.3 Å². The number of unbranched alkanes of at least 4 members (excludes halogenated alkanes) is 1. The highest BCUT2D eigenvalue weighted by atomic mass is 32.2. The van der Waals surface area contributed by atoms with Crippen LogP contribution >= 0.6 is 11.8 Å². The summed E-state index contributed by atoms with van der Waals surface area (Å²) in [6.45, 7) is 2.08. The van der Waals surface area contributed by atoms with Crippen molar-refractivity contribution in [3.63, 3.8) is 0 Å². The first-order valence-corrected chi connectivity index (χ1v) is 11.4. The second-order valence-electron chi connectivity index (χ2n) is 7.42. The maximum absolute atomic E-state index is 13.1. The van der Waals surface area contributed by atoms with Gasteiger partial charge >= 0.3 is 5.97 Å². The van der Waals surface area contributed by atoms with Crippen molar-refractivity contribution in [3.05, 3.63) is 65.0 Å². The topological polar surface area (TPSA) is 104 Å². The number of halogens is 1. The minimum atomic E-state index is -0.668. The molecule has 174 valence electrons. The van der Waals surface area contributed by atoms with Gasteiger partial charge < -0.3 is 9.47 Å². The van der Waals surface area contributed by atoms with Crippen LogP contribution in [-0.4, -0.2) is 40.0 Å². The summed E-state index contributed by atoms with van der Waals surface area (Å²) >= 11 is 1.31. The van der Waals surface area contributed by atoms with E-state index in [0.717, 1.165) is 24.3 Å². The van der Waals surface area contributed by atoms with Gasteiger partial charge in [-0.15, -0.1) is 0 Å². The van der Waals surface area contributed by atoms with E-state index in [-0.39, 0.29) is 28.5 Å². The van der Waals surface area contributed by atoms with Crippen molar-refractivity contribution in [2.24, 2.45) is 10.1 Å². The Labute approximate surface area is 199 Å². The van der Waals surface area contributed by atoms with Gasteiger partial charge in [0.1, 0.15) is 10.9 Å². The molecule has 2 aliphatic heterocycles. The highest BCUT2D eigenvalue weighted by Gasteiger charge is 2.35. The van der Waals surface area contributed by atoms with Crippen molar-refractivity contribution in [2.75, 3.05) is 7.11 Å². The Bertz CT molecular complexity index is 1250. The smallest absolute Gasteiger partial charge is 0.343 e. The Morgan fingerprint density at radius 3 is 2.68 bits per heavy atom. The van der Waals surface area contributed by atoms with Crippen LogP contribution < -0.4 is 9.47 Å². The van der Waals surface area contributed by atoms with Crippen molar-refractivity contribution in [1.82, 2.24) is 5.01 Å². The minimum Gasteiger partial charge on any atom is -0.493 e. The molecule has 0 bridgehead atoms. The second kappa shape index (κ2) is 10.0. The lowest BCUT2D eigenvalue weighted by molar-refractivity contribution is -0.114. The summed E-state index contributed by atoms with van der Waals surface area (Å²) in [6, 6.07) is 9.71. The average Bonchev–Trinajstić information content (AvgIpc) is 3.24. The molecule has 2 aliphatic rings. The molecule has 0 saturated carbocycles. The molecule has 0 unspecified atom stereocenters. The molecule has 10 heteroatoms. The second-order valence-corrected chi connectivity index (χ2v) is 8.46. The first-order valence-electron chi connectivity index (χ1n) is 10.5. The van der Waals surface area contributed by atoms with E-state index in [4.69, 9.17) is 14.9 Å². The molecular weight excluding hydrogens is 459 g/mol. The van der Waals surface area contributed by atoms with E-state index in [2.05, 4.69) is 17.0 Å². The number of rotatable bonds is 7. The molecule has 2 aromatic carbocycles. The van der Waals surface area contributed by atoms with Crippen LogP contribution in [0.1, 0.15) is 42.1 Å². The van der Waals surface area contributed by atoms with Crippen LogP contribution in [0.15, 0.2) is 58.1 Å². The number of amides is 1. The molecular formula is C24H21FN4O4S. The quantitative estimate of drug-likeness (QED) is 0.345. The van der Waals surface area contributed by atoms with Gasteiger partial charge in [-0.25, -0.2) is 9.18 Å². The van der Waals surface area contributed by atoms with Crippen molar-refractivity contribution >= 4 is 45.8 Å². The zero-order valence-corrected chi connectivity index (χ0v) is 19.3. The molecule has 0 atom stereocenters. The number of esters is 1. The molecule has 2 aromatic rings. The predicted octanol–water partition coefficient (Wildman–Crippen LogP) is 4.86. The predicted molar refractivity (Wildman–Crippen MR) is 129 cm³/mol. The Morgan fingerprint density at radius 2 is 1.97 bits per heavy atom. The van der Waals surface area contributed by atoms with Crippen LogP contribution in [0.25, 0.3) is 6.08 Å². The number of aliphatic imine (C=N–C) groups is 1. The van der Waals surface area contributed by atoms with Gasteiger partial charge in [-0.05, 0) is 72.6 Å². The Kier molecular flexibility index (Phi) is 6.87. The van der Waals surface area contributed by atoms with Crippen LogP contribution in [-0.2, 0) is 4.79 Å². The number of hydrogen-bond acceptors (Lipinski definition) is 7. The number of ether oxygens (including phenoxy) is 2.